The number of rotatable bonds is 1. The van der Waals surface area contributed by atoms with E-state index in [1.165, 1.54) is 6.39 Å². The molecule has 0 spiro atoms. The van der Waals surface area contributed by atoms with E-state index >= 15 is 0 Å². The molecule has 4 N–H and O–H groups in total. The van der Waals surface area contributed by atoms with Gasteiger partial charge in [-0.15, -0.1) is 0 Å². The van der Waals surface area contributed by atoms with Gasteiger partial charge in [-0.3, -0.25) is 0 Å². The molecule has 1 aromatic carbocycles. The highest BCUT2D eigenvalue weighted by atomic mass is 16.3. The average Bonchev–Trinajstić information content (AvgIpc) is 2.80. The first-order chi connectivity index (χ1) is 8.20. The van der Waals surface area contributed by atoms with Crippen molar-refractivity contribution in [1.82, 2.24) is 4.98 Å². The topological polar surface area (TPSA) is 78.1 Å². The van der Waals surface area contributed by atoms with Crippen LogP contribution in [0.15, 0.2) is 53.3 Å². The quantitative estimate of drug-likeness (QED) is 0.772. The summed E-state index contributed by atoms with van der Waals surface area (Å²) >= 11 is 0. The van der Waals surface area contributed by atoms with Gasteiger partial charge in [0.1, 0.15) is 5.52 Å². The number of fused-ring (bicyclic) bond motifs is 1. The smallest absolute Gasteiger partial charge is 0.181 e. The van der Waals surface area contributed by atoms with Crippen molar-refractivity contribution in [3.8, 4) is 0 Å². The second-order valence-electron chi connectivity index (χ2n) is 4.24. The number of allylic oxidation sites excluding steroid dienone is 2. The molecule has 0 amide bonds. The molecule has 1 aliphatic carbocycles. The number of benzene rings is 1. The van der Waals surface area contributed by atoms with Crippen molar-refractivity contribution < 1.29 is 4.42 Å². The Bertz CT molecular complexity index is 614. The molecule has 1 aromatic heterocycles. The highest BCUT2D eigenvalue weighted by Crippen LogP contribution is 2.28. The van der Waals surface area contributed by atoms with Crippen LogP contribution in [-0.4, -0.2) is 11.0 Å². The van der Waals surface area contributed by atoms with E-state index in [-0.39, 0.29) is 6.04 Å². The molecule has 2 unspecified atom stereocenters. The van der Waals surface area contributed by atoms with Crippen molar-refractivity contribution >= 4 is 11.1 Å². The molecule has 4 nitrogen and oxygen atoms in total. The number of hydrogen-bond acceptors (Lipinski definition) is 4. The van der Waals surface area contributed by atoms with E-state index in [0.29, 0.717) is 0 Å². The van der Waals surface area contributed by atoms with E-state index in [2.05, 4.69) is 4.98 Å². The summed E-state index contributed by atoms with van der Waals surface area (Å²) in [4.78, 5) is 4.08. The van der Waals surface area contributed by atoms with E-state index in [1.54, 1.807) is 0 Å². The summed E-state index contributed by atoms with van der Waals surface area (Å²) in [6.45, 7) is 0. The standard InChI is InChI=1S/C13H13N3O/c14-12-3-1-2-6-13(12,15)9-4-5-10-11(7-9)17-8-16-10/h1-8,12H,14-15H2. The van der Waals surface area contributed by atoms with Gasteiger partial charge in [0, 0.05) is 6.04 Å². The van der Waals surface area contributed by atoms with E-state index in [1.807, 2.05) is 42.5 Å². The van der Waals surface area contributed by atoms with Crippen LogP contribution in [0.4, 0.5) is 0 Å². The van der Waals surface area contributed by atoms with Crippen LogP contribution in [-0.2, 0) is 5.54 Å². The lowest BCUT2D eigenvalue weighted by Crippen LogP contribution is -2.50. The minimum absolute atomic E-state index is 0.243. The Hall–Kier alpha value is -1.91. The summed E-state index contributed by atoms with van der Waals surface area (Å²) in [6.07, 6.45) is 9.05. The average molecular weight is 227 g/mol. The molecule has 0 aliphatic heterocycles. The van der Waals surface area contributed by atoms with Gasteiger partial charge in [0.05, 0.1) is 5.54 Å². The molecular formula is C13H13N3O. The highest BCUT2D eigenvalue weighted by Gasteiger charge is 2.31. The first kappa shape index (κ1) is 10.3. The monoisotopic (exact) mass is 227 g/mol. The molecule has 1 aliphatic rings. The van der Waals surface area contributed by atoms with Gasteiger partial charge in [0.15, 0.2) is 12.0 Å². The molecule has 0 bridgehead atoms. The Kier molecular flexibility index (Phi) is 2.14. The van der Waals surface area contributed by atoms with Crippen LogP contribution >= 0.6 is 0 Å². The Morgan fingerprint density at radius 3 is 3.00 bits per heavy atom. The van der Waals surface area contributed by atoms with Crippen molar-refractivity contribution in [2.75, 3.05) is 0 Å². The summed E-state index contributed by atoms with van der Waals surface area (Å²) in [5, 5.41) is 0. The fourth-order valence-electron chi connectivity index (χ4n) is 2.08. The van der Waals surface area contributed by atoms with Crippen molar-refractivity contribution in [3.63, 3.8) is 0 Å². The Labute approximate surface area is 98.6 Å². The molecular weight excluding hydrogens is 214 g/mol. The number of aromatic nitrogens is 1. The van der Waals surface area contributed by atoms with Crippen LogP contribution in [0, 0.1) is 0 Å². The largest absolute Gasteiger partial charge is 0.443 e. The molecule has 0 fully saturated rings. The van der Waals surface area contributed by atoms with Crippen molar-refractivity contribution in [1.29, 1.82) is 0 Å². The number of hydrogen-bond donors (Lipinski definition) is 2. The van der Waals surface area contributed by atoms with Crippen molar-refractivity contribution in [3.05, 3.63) is 54.5 Å². The molecule has 0 saturated carbocycles. The fourth-order valence-corrected chi connectivity index (χ4v) is 2.08. The van der Waals surface area contributed by atoms with Crippen molar-refractivity contribution in [2.24, 2.45) is 11.5 Å². The van der Waals surface area contributed by atoms with Crippen molar-refractivity contribution in [2.45, 2.75) is 11.6 Å². The van der Waals surface area contributed by atoms with Gasteiger partial charge >= 0.3 is 0 Å². The lowest BCUT2D eigenvalue weighted by molar-refractivity contribution is 0.491. The summed E-state index contributed by atoms with van der Waals surface area (Å²) in [6, 6.07) is 5.48. The van der Waals surface area contributed by atoms with Gasteiger partial charge in [0.25, 0.3) is 0 Å². The summed E-state index contributed by atoms with van der Waals surface area (Å²) < 4.78 is 5.28. The third-order valence-electron chi connectivity index (χ3n) is 3.18. The number of nitrogens with two attached hydrogens (primary N) is 2. The van der Waals surface area contributed by atoms with Gasteiger partial charge in [-0.2, -0.15) is 0 Å². The fraction of sp³-hybridized carbons (Fsp3) is 0.154. The molecule has 0 radical (unpaired) electrons. The number of nitrogens with zero attached hydrogens (tertiary/aromatic N) is 1. The zero-order valence-corrected chi connectivity index (χ0v) is 9.21. The lowest BCUT2D eigenvalue weighted by Gasteiger charge is -2.32. The molecule has 0 saturated heterocycles. The van der Waals surface area contributed by atoms with E-state index in [4.69, 9.17) is 15.9 Å². The van der Waals surface area contributed by atoms with Crippen LogP contribution in [0.5, 0.6) is 0 Å². The molecule has 86 valence electrons. The second-order valence-corrected chi connectivity index (χ2v) is 4.24. The second kappa shape index (κ2) is 3.55. The molecule has 1 heterocycles. The Morgan fingerprint density at radius 2 is 2.18 bits per heavy atom. The predicted molar refractivity (Wildman–Crippen MR) is 66.1 cm³/mol. The van der Waals surface area contributed by atoms with Crippen LogP contribution in [0.2, 0.25) is 0 Å². The number of oxazole rings is 1. The van der Waals surface area contributed by atoms with Gasteiger partial charge in [-0.05, 0) is 17.7 Å². The highest BCUT2D eigenvalue weighted by molar-refractivity contribution is 5.73. The lowest BCUT2D eigenvalue weighted by atomic mass is 9.81. The Balaban J connectivity index is 2.13. The van der Waals surface area contributed by atoms with Crippen LogP contribution in [0.3, 0.4) is 0 Å². The molecule has 17 heavy (non-hydrogen) atoms. The normalized spacial score (nSPS) is 27.8. The van der Waals surface area contributed by atoms with E-state index < -0.39 is 5.54 Å². The van der Waals surface area contributed by atoms with Gasteiger partial charge in [0.2, 0.25) is 0 Å². The third kappa shape index (κ3) is 1.50. The van der Waals surface area contributed by atoms with Gasteiger partial charge in [-0.1, -0.05) is 30.4 Å². The summed E-state index contributed by atoms with van der Waals surface area (Å²) in [5.41, 5.74) is 14.2. The van der Waals surface area contributed by atoms with Crippen LogP contribution in [0.1, 0.15) is 5.56 Å². The minimum Gasteiger partial charge on any atom is -0.443 e. The first-order valence-electron chi connectivity index (χ1n) is 5.44. The maximum atomic E-state index is 6.36. The SMILES string of the molecule is NC1C=CC=CC1(N)c1ccc2ncoc2c1. The van der Waals surface area contributed by atoms with Crippen LogP contribution < -0.4 is 11.5 Å². The zero-order valence-electron chi connectivity index (χ0n) is 9.21. The van der Waals surface area contributed by atoms with Gasteiger partial charge in [-0.25, -0.2) is 4.98 Å². The maximum Gasteiger partial charge on any atom is 0.181 e. The molecule has 3 rings (SSSR count). The third-order valence-corrected chi connectivity index (χ3v) is 3.18. The predicted octanol–water partition coefficient (Wildman–Crippen LogP) is 1.44. The maximum absolute atomic E-state index is 6.36. The molecule has 4 heteroatoms. The minimum atomic E-state index is -0.685. The first-order valence-corrected chi connectivity index (χ1v) is 5.44. The molecule has 2 aromatic rings. The van der Waals surface area contributed by atoms with Gasteiger partial charge < -0.3 is 15.9 Å². The zero-order chi connectivity index (χ0) is 11.9. The summed E-state index contributed by atoms with van der Waals surface area (Å²) in [5.74, 6) is 0. The Morgan fingerprint density at radius 1 is 1.29 bits per heavy atom. The van der Waals surface area contributed by atoms with E-state index in [9.17, 15) is 0 Å². The van der Waals surface area contributed by atoms with E-state index in [0.717, 1.165) is 16.7 Å². The summed E-state index contributed by atoms with van der Waals surface area (Å²) in [7, 11) is 0. The molecule has 2 atom stereocenters. The van der Waals surface area contributed by atoms with Crippen LogP contribution in [0.25, 0.3) is 11.1 Å².